The van der Waals surface area contributed by atoms with Crippen molar-refractivity contribution >= 4 is 38.9 Å². The summed E-state index contributed by atoms with van der Waals surface area (Å²) in [4.78, 5) is 24.4. The number of rotatable bonds is 4. The summed E-state index contributed by atoms with van der Waals surface area (Å²) in [6, 6.07) is 7.69. The lowest BCUT2D eigenvalue weighted by atomic mass is 10.2. The van der Waals surface area contributed by atoms with E-state index in [4.69, 9.17) is 0 Å². The normalized spacial score (nSPS) is 13.5. The number of anilines is 3. The first kappa shape index (κ1) is 17.9. The molecular formula is C17H16FN3O4S. The van der Waals surface area contributed by atoms with E-state index in [9.17, 15) is 22.4 Å². The molecule has 2 aromatic carbocycles. The van der Waals surface area contributed by atoms with E-state index < -0.39 is 21.7 Å². The summed E-state index contributed by atoms with van der Waals surface area (Å²) >= 11 is 0. The molecule has 0 unspecified atom stereocenters. The van der Waals surface area contributed by atoms with Gasteiger partial charge in [0.05, 0.1) is 22.7 Å². The Labute approximate surface area is 149 Å². The first-order chi connectivity index (χ1) is 12.2. The van der Waals surface area contributed by atoms with Gasteiger partial charge >= 0.3 is 0 Å². The standard InChI is InChI=1S/C17H16FN3O4S/c1-10(22)19-14-5-3-12(18)9-15(14)20-26(24,25)13-4-6-16-11(7-13)8-17(23)21(16)2/h3-7,9,20H,8H2,1-2H3,(H,19,22). The lowest BCUT2D eigenvalue weighted by Crippen LogP contribution is -2.20. The molecule has 0 atom stereocenters. The second kappa shape index (κ2) is 6.41. The molecule has 1 aliphatic rings. The molecule has 0 aromatic heterocycles. The summed E-state index contributed by atoms with van der Waals surface area (Å²) in [6.07, 6.45) is 0.117. The first-order valence-electron chi connectivity index (χ1n) is 7.67. The number of hydrogen-bond acceptors (Lipinski definition) is 4. The molecule has 136 valence electrons. The molecule has 0 saturated heterocycles. The van der Waals surface area contributed by atoms with E-state index in [-0.39, 0.29) is 28.6 Å². The molecule has 2 amide bonds. The third-order valence-corrected chi connectivity index (χ3v) is 5.34. The lowest BCUT2D eigenvalue weighted by Gasteiger charge is -2.14. The predicted molar refractivity (Wildman–Crippen MR) is 95.1 cm³/mol. The van der Waals surface area contributed by atoms with Crippen LogP contribution in [0.15, 0.2) is 41.3 Å². The summed E-state index contributed by atoms with van der Waals surface area (Å²) in [5, 5.41) is 2.44. The highest BCUT2D eigenvalue weighted by Gasteiger charge is 2.26. The molecule has 3 rings (SSSR count). The number of sulfonamides is 1. The highest BCUT2D eigenvalue weighted by molar-refractivity contribution is 7.92. The van der Waals surface area contributed by atoms with Crippen molar-refractivity contribution in [3.63, 3.8) is 0 Å². The number of fused-ring (bicyclic) bond motifs is 1. The number of nitrogens with zero attached hydrogens (tertiary/aromatic N) is 1. The molecule has 26 heavy (non-hydrogen) atoms. The fourth-order valence-electron chi connectivity index (χ4n) is 2.72. The molecule has 0 radical (unpaired) electrons. The Kier molecular flexibility index (Phi) is 4.41. The zero-order valence-electron chi connectivity index (χ0n) is 14.0. The van der Waals surface area contributed by atoms with Crippen LogP contribution < -0.4 is 14.9 Å². The van der Waals surface area contributed by atoms with E-state index >= 15 is 0 Å². The Morgan fingerprint density at radius 3 is 2.58 bits per heavy atom. The van der Waals surface area contributed by atoms with Gasteiger partial charge in [-0.1, -0.05) is 0 Å². The smallest absolute Gasteiger partial charge is 0.261 e. The molecular weight excluding hydrogens is 361 g/mol. The van der Waals surface area contributed by atoms with Crippen molar-refractivity contribution in [3.05, 3.63) is 47.8 Å². The van der Waals surface area contributed by atoms with Gasteiger partial charge in [0.15, 0.2) is 0 Å². The van der Waals surface area contributed by atoms with Crippen LogP contribution in [0.4, 0.5) is 21.5 Å². The third-order valence-electron chi connectivity index (χ3n) is 3.98. The Hall–Kier alpha value is -2.94. The molecule has 0 fully saturated rings. The van der Waals surface area contributed by atoms with Crippen molar-refractivity contribution < 1.29 is 22.4 Å². The maximum absolute atomic E-state index is 13.5. The second-order valence-electron chi connectivity index (χ2n) is 5.90. The Morgan fingerprint density at radius 2 is 1.88 bits per heavy atom. The Bertz CT molecular complexity index is 1020. The molecule has 9 heteroatoms. The van der Waals surface area contributed by atoms with Crippen LogP contribution >= 0.6 is 0 Å². The number of carbonyl (C=O) groups excluding carboxylic acids is 2. The van der Waals surface area contributed by atoms with Gasteiger partial charge in [-0.15, -0.1) is 0 Å². The van der Waals surface area contributed by atoms with Gasteiger partial charge in [0.2, 0.25) is 11.8 Å². The molecule has 2 N–H and O–H groups in total. The average molecular weight is 377 g/mol. The van der Waals surface area contributed by atoms with Crippen molar-refractivity contribution in [1.29, 1.82) is 0 Å². The monoisotopic (exact) mass is 377 g/mol. The highest BCUT2D eigenvalue weighted by atomic mass is 32.2. The topological polar surface area (TPSA) is 95.6 Å². The van der Waals surface area contributed by atoms with Crippen LogP contribution in [-0.4, -0.2) is 27.3 Å². The van der Waals surface area contributed by atoms with E-state index in [1.54, 1.807) is 13.1 Å². The van der Waals surface area contributed by atoms with Gasteiger partial charge in [-0.3, -0.25) is 14.3 Å². The number of likely N-dealkylation sites (N-methyl/N-ethyl adjacent to an activating group) is 1. The zero-order chi connectivity index (χ0) is 19.1. The van der Waals surface area contributed by atoms with Crippen LogP contribution in [0, 0.1) is 5.82 Å². The summed E-state index contributed by atoms with van der Waals surface area (Å²) in [5.41, 5.74) is 1.30. The molecule has 7 nitrogen and oxygen atoms in total. The van der Waals surface area contributed by atoms with Crippen LogP contribution in [0.25, 0.3) is 0 Å². The number of carbonyl (C=O) groups is 2. The minimum atomic E-state index is -4.04. The van der Waals surface area contributed by atoms with Gasteiger partial charge in [-0.2, -0.15) is 0 Å². The van der Waals surface area contributed by atoms with E-state index in [0.717, 1.165) is 12.1 Å². The van der Waals surface area contributed by atoms with Crippen LogP contribution in [-0.2, 0) is 26.0 Å². The highest BCUT2D eigenvalue weighted by Crippen LogP contribution is 2.31. The van der Waals surface area contributed by atoms with Crippen molar-refractivity contribution in [2.45, 2.75) is 18.2 Å². The van der Waals surface area contributed by atoms with Crippen LogP contribution in [0.1, 0.15) is 12.5 Å². The van der Waals surface area contributed by atoms with E-state index in [2.05, 4.69) is 10.0 Å². The minimum Gasteiger partial charge on any atom is -0.325 e. The van der Waals surface area contributed by atoms with E-state index in [1.165, 1.54) is 30.0 Å². The number of halogens is 1. The molecule has 2 aromatic rings. The van der Waals surface area contributed by atoms with Crippen LogP contribution in [0.2, 0.25) is 0 Å². The molecule has 1 heterocycles. The first-order valence-corrected chi connectivity index (χ1v) is 9.15. The molecule has 0 aliphatic carbocycles. The summed E-state index contributed by atoms with van der Waals surface area (Å²) in [5.74, 6) is -1.20. The molecule has 0 bridgehead atoms. The van der Waals surface area contributed by atoms with Gasteiger partial charge in [0.25, 0.3) is 10.0 Å². The van der Waals surface area contributed by atoms with Gasteiger partial charge in [0, 0.05) is 25.7 Å². The summed E-state index contributed by atoms with van der Waals surface area (Å²) < 4.78 is 41.2. The molecule has 0 spiro atoms. The fourth-order valence-corrected chi connectivity index (χ4v) is 3.84. The zero-order valence-corrected chi connectivity index (χ0v) is 14.9. The van der Waals surface area contributed by atoms with Gasteiger partial charge in [0.1, 0.15) is 5.82 Å². The van der Waals surface area contributed by atoms with Gasteiger partial charge in [-0.25, -0.2) is 12.8 Å². The van der Waals surface area contributed by atoms with Crippen molar-refractivity contribution in [2.75, 3.05) is 22.0 Å². The number of amides is 2. The number of hydrogen-bond donors (Lipinski definition) is 2. The predicted octanol–water partition coefficient (Wildman–Crippen LogP) is 2.10. The third kappa shape index (κ3) is 3.38. The van der Waals surface area contributed by atoms with Crippen molar-refractivity contribution in [3.8, 4) is 0 Å². The van der Waals surface area contributed by atoms with E-state index in [0.29, 0.717) is 11.3 Å². The molecule has 0 saturated carbocycles. The number of benzene rings is 2. The molecule has 1 aliphatic heterocycles. The van der Waals surface area contributed by atoms with Crippen LogP contribution in [0.3, 0.4) is 0 Å². The quantitative estimate of drug-likeness (QED) is 0.853. The number of nitrogens with one attached hydrogen (secondary N) is 2. The largest absolute Gasteiger partial charge is 0.325 e. The maximum atomic E-state index is 13.5. The minimum absolute atomic E-state index is 0.0580. The Morgan fingerprint density at radius 1 is 1.15 bits per heavy atom. The lowest BCUT2D eigenvalue weighted by molar-refractivity contribution is -0.117. The Balaban J connectivity index is 1.96. The summed E-state index contributed by atoms with van der Waals surface area (Å²) in [6.45, 7) is 1.26. The van der Waals surface area contributed by atoms with E-state index in [1.807, 2.05) is 0 Å². The average Bonchev–Trinajstić information content (AvgIpc) is 2.83. The summed E-state index contributed by atoms with van der Waals surface area (Å²) in [7, 11) is -2.42. The second-order valence-corrected chi connectivity index (χ2v) is 7.58. The van der Waals surface area contributed by atoms with Crippen LogP contribution in [0.5, 0.6) is 0 Å². The van der Waals surface area contributed by atoms with Gasteiger partial charge in [-0.05, 0) is 35.9 Å². The van der Waals surface area contributed by atoms with Crippen molar-refractivity contribution in [2.24, 2.45) is 0 Å². The van der Waals surface area contributed by atoms with Crippen molar-refractivity contribution in [1.82, 2.24) is 0 Å². The maximum Gasteiger partial charge on any atom is 0.261 e. The fraction of sp³-hybridized carbons (Fsp3) is 0.176. The SMILES string of the molecule is CC(=O)Nc1ccc(F)cc1NS(=O)(=O)c1ccc2c(c1)CC(=O)N2C. The van der Waals surface area contributed by atoms with Gasteiger partial charge < -0.3 is 10.2 Å².